The van der Waals surface area contributed by atoms with Crippen LogP contribution in [0.15, 0.2) is 18.3 Å². The van der Waals surface area contributed by atoms with Crippen LogP contribution >= 0.6 is 11.6 Å². The number of pyridine rings is 1. The Morgan fingerprint density at radius 3 is 2.81 bits per heavy atom. The smallest absolute Gasteiger partial charge is 0.0589 e. The minimum atomic E-state index is 0.396. The minimum Gasteiger partial charge on any atom is -0.309 e. The summed E-state index contributed by atoms with van der Waals surface area (Å²) in [4.78, 5) is 4.41. The highest BCUT2D eigenvalue weighted by molar-refractivity contribution is 6.30. The molecule has 0 aliphatic heterocycles. The molecule has 0 spiro atoms. The molecule has 1 heterocycles. The van der Waals surface area contributed by atoms with Gasteiger partial charge < -0.3 is 5.32 Å². The van der Waals surface area contributed by atoms with E-state index in [9.17, 15) is 0 Å². The van der Waals surface area contributed by atoms with Gasteiger partial charge in [0, 0.05) is 12.2 Å². The number of aromatic nitrogens is 1. The summed E-state index contributed by atoms with van der Waals surface area (Å²) in [5.74, 6) is 0.890. The van der Waals surface area contributed by atoms with Crippen molar-refractivity contribution >= 4 is 11.6 Å². The second-order valence-corrected chi connectivity index (χ2v) is 4.98. The number of nitrogens with one attached hydrogen (secondary N) is 1. The van der Waals surface area contributed by atoms with Gasteiger partial charge >= 0.3 is 0 Å². The van der Waals surface area contributed by atoms with E-state index in [-0.39, 0.29) is 0 Å². The summed E-state index contributed by atoms with van der Waals surface area (Å²) >= 11 is 5.85. The Bertz CT molecular complexity index is 319. The van der Waals surface area contributed by atoms with E-state index in [1.807, 2.05) is 12.1 Å². The SMILES string of the molecule is CCNC(CC1CCC1)c1ccc(Cl)cn1. The Hall–Kier alpha value is -0.600. The molecule has 0 saturated heterocycles. The number of rotatable bonds is 5. The van der Waals surface area contributed by atoms with Crippen LogP contribution in [-0.2, 0) is 0 Å². The maximum atomic E-state index is 5.85. The Morgan fingerprint density at radius 2 is 2.31 bits per heavy atom. The largest absolute Gasteiger partial charge is 0.309 e. The van der Waals surface area contributed by atoms with Gasteiger partial charge in [-0.05, 0) is 31.0 Å². The third-order valence-electron chi connectivity index (χ3n) is 3.35. The number of hydrogen-bond donors (Lipinski definition) is 1. The first-order valence-electron chi connectivity index (χ1n) is 6.14. The van der Waals surface area contributed by atoms with E-state index in [1.54, 1.807) is 6.20 Å². The van der Waals surface area contributed by atoms with Gasteiger partial charge in [0.1, 0.15) is 0 Å². The van der Waals surface area contributed by atoms with Crippen molar-refractivity contribution < 1.29 is 0 Å². The highest BCUT2D eigenvalue weighted by atomic mass is 35.5. The second kappa shape index (κ2) is 5.65. The Labute approximate surface area is 102 Å². The lowest BCUT2D eigenvalue weighted by Gasteiger charge is -2.29. The fourth-order valence-corrected chi connectivity index (χ4v) is 2.32. The monoisotopic (exact) mass is 238 g/mol. The molecule has 1 aliphatic rings. The number of nitrogens with zero attached hydrogens (tertiary/aromatic N) is 1. The lowest BCUT2D eigenvalue weighted by Crippen LogP contribution is -2.26. The van der Waals surface area contributed by atoms with Crippen LogP contribution < -0.4 is 5.32 Å². The van der Waals surface area contributed by atoms with Crippen molar-refractivity contribution in [3.63, 3.8) is 0 Å². The normalized spacial score (nSPS) is 18.1. The van der Waals surface area contributed by atoms with Gasteiger partial charge in [0.15, 0.2) is 0 Å². The van der Waals surface area contributed by atoms with Gasteiger partial charge in [0.2, 0.25) is 0 Å². The zero-order valence-corrected chi connectivity index (χ0v) is 10.5. The van der Waals surface area contributed by atoms with Crippen LogP contribution in [0.1, 0.15) is 44.3 Å². The molecule has 1 saturated carbocycles. The molecule has 1 atom stereocenters. The molecule has 0 bridgehead atoms. The Balaban J connectivity index is 2.01. The molecule has 1 aliphatic carbocycles. The quantitative estimate of drug-likeness (QED) is 0.848. The van der Waals surface area contributed by atoms with E-state index in [2.05, 4.69) is 17.2 Å². The minimum absolute atomic E-state index is 0.396. The fourth-order valence-electron chi connectivity index (χ4n) is 2.21. The Morgan fingerprint density at radius 1 is 1.50 bits per heavy atom. The zero-order chi connectivity index (χ0) is 11.4. The Kier molecular flexibility index (Phi) is 4.19. The fraction of sp³-hybridized carbons (Fsp3) is 0.615. The molecule has 0 aromatic carbocycles. The molecule has 1 aromatic rings. The van der Waals surface area contributed by atoms with E-state index in [0.717, 1.165) is 18.2 Å². The van der Waals surface area contributed by atoms with Crippen molar-refractivity contribution in [1.82, 2.24) is 10.3 Å². The summed E-state index contributed by atoms with van der Waals surface area (Å²) in [6.07, 6.45) is 7.12. The molecule has 1 aromatic heterocycles. The first kappa shape index (κ1) is 11.9. The molecular weight excluding hydrogens is 220 g/mol. The average Bonchev–Trinajstić information content (AvgIpc) is 2.23. The molecule has 1 unspecified atom stereocenters. The predicted octanol–water partition coefficient (Wildman–Crippen LogP) is 3.58. The van der Waals surface area contributed by atoms with E-state index in [1.165, 1.54) is 25.7 Å². The molecule has 16 heavy (non-hydrogen) atoms. The molecular formula is C13H19ClN2. The second-order valence-electron chi connectivity index (χ2n) is 4.54. The van der Waals surface area contributed by atoms with Gasteiger partial charge in [-0.25, -0.2) is 0 Å². The summed E-state index contributed by atoms with van der Waals surface area (Å²) in [7, 11) is 0. The topological polar surface area (TPSA) is 24.9 Å². The van der Waals surface area contributed by atoms with Crippen LogP contribution in [0, 0.1) is 5.92 Å². The number of halogens is 1. The third kappa shape index (κ3) is 2.96. The first-order valence-corrected chi connectivity index (χ1v) is 6.52. The number of hydrogen-bond acceptors (Lipinski definition) is 2. The van der Waals surface area contributed by atoms with Crippen LogP contribution in [0.5, 0.6) is 0 Å². The molecule has 88 valence electrons. The molecule has 3 heteroatoms. The lowest BCUT2D eigenvalue weighted by molar-refractivity contribution is 0.260. The van der Waals surface area contributed by atoms with Crippen LogP contribution in [0.3, 0.4) is 0 Å². The molecule has 1 fully saturated rings. The summed E-state index contributed by atoms with van der Waals surface area (Å²) in [5.41, 5.74) is 1.12. The van der Waals surface area contributed by atoms with E-state index < -0.39 is 0 Å². The predicted molar refractivity (Wildman–Crippen MR) is 67.6 cm³/mol. The van der Waals surface area contributed by atoms with Crippen molar-refractivity contribution in [1.29, 1.82) is 0 Å². The van der Waals surface area contributed by atoms with Crippen LogP contribution in [0.4, 0.5) is 0 Å². The van der Waals surface area contributed by atoms with Gasteiger partial charge in [0.05, 0.1) is 10.7 Å². The lowest BCUT2D eigenvalue weighted by atomic mass is 9.80. The third-order valence-corrected chi connectivity index (χ3v) is 3.58. The van der Waals surface area contributed by atoms with Crippen molar-refractivity contribution in [2.45, 2.75) is 38.6 Å². The van der Waals surface area contributed by atoms with Crippen molar-refractivity contribution in [2.24, 2.45) is 5.92 Å². The molecule has 2 nitrogen and oxygen atoms in total. The van der Waals surface area contributed by atoms with Gasteiger partial charge in [-0.3, -0.25) is 4.98 Å². The van der Waals surface area contributed by atoms with Gasteiger partial charge in [-0.1, -0.05) is 37.8 Å². The molecule has 1 N–H and O–H groups in total. The van der Waals surface area contributed by atoms with Crippen LogP contribution in [-0.4, -0.2) is 11.5 Å². The van der Waals surface area contributed by atoms with Gasteiger partial charge in [-0.15, -0.1) is 0 Å². The van der Waals surface area contributed by atoms with Gasteiger partial charge in [-0.2, -0.15) is 0 Å². The summed E-state index contributed by atoms with van der Waals surface area (Å²) in [5, 5.41) is 4.22. The van der Waals surface area contributed by atoms with Crippen molar-refractivity contribution in [3.05, 3.63) is 29.0 Å². The molecule has 0 radical (unpaired) electrons. The van der Waals surface area contributed by atoms with Crippen molar-refractivity contribution in [2.75, 3.05) is 6.54 Å². The van der Waals surface area contributed by atoms with Gasteiger partial charge in [0.25, 0.3) is 0 Å². The van der Waals surface area contributed by atoms with E-state index >= 15 is 0 Å². The maximum absolute atomic E-state index is 5.85. The standard InChI is InChI=1S/C13H19ClN2/c1-2-15-13(8-10-4-3-5-10)12-7-6-11(14)9-16-12/h6-7,9-10,13,15H,2-5,8H2,1H3. The maximum Gasteiger partial charge on any atom is 0.0589 e. The van der Waals surface area contributed by atoms with E-state index in [4.69, 9.17) is 11.6 Å². The highest BCUT2D eigenvalue weighted by Crippen LogP contribution is 2.34. The first-order chi connectivity index (χ1) is 7.79. The summed E-state index contributed by atoms with van der Waals surface area (Å²) in [6.45, 7) is 3.13. The van der Waals surface area contributed by atoms with E-state index in [0.29, 0.717) is 11.1 Å². The van der Waals surface area contributed by atoms with Crippen LogP contribution in [0.25, 0.3) is 0 Å². The summed E-state index contributed by atoms with van der Waals surface area (Å²) in [6, 6.07) is 4.36. The van der Waals surface area contributed by atoms with Crippen molar-refractivity contribution in [3.8, 4) is 0 Å². The summed E-state index contributed by atoms with van der Waals surface area (Å²) < 4.78 is 0. The zero-order valence-electron chi connectivity index (χ0n) is 9.75. The van der Waals surface area contributed by atoms with Crippen LogP contribution in [0.2, 0.25) is 5.02 Å². The molecule has 2 rings (SSSR count). The average molecular weight is 239 g/mol. The highest BCUT2D eigenvalue weighted by Gasteiger charge is 2.23. The molecule has 0 amide bonds.